The molecule has 1 aromatic rings. The number of aryl methyl sites for hydroxylation is 1. The third kappa shape index (κ3) is 2.54. The van der Waals surface area contributed by atoms with Crippen molar-refractivity contribution >= 4 is 5.97 Å². The Balaban J connectivity index is 2.62. The second kappa shape index (κ2) is 4.59. The highest BCUT2D eigenvalue weighted by Crippen LogP contribution is 1.97. The van der Waals surface area contributed by atoms with Crippen molar-refractivity contribution in [2.45, 2.75) is 26.8 Å². The van der Waals surface area contributed by atoms with Gasteiger partial charge in [-0.3, -0.25) is 4.68 Å². The zero-order chi connectivity index (χ0) is 9.68. The van der Waals surface area contributed by atoms with Crippen LogP contribution in [-0.4, -0.2) is 27.6 Å². The van der Waals surface area contributed by atoms with Crippen LogP contribution >= 0.6 is 0 Å². The molecular formula is C8H13N3O2. The minimum absolute atomic E-state index is 0.273. The number of nitrogens with zero attached hydrogens (tertiary/aromatic N) is 3. The molecule has 1 aromatic heterocycles. The van der Waals surface area contributed by atoms with Crippen LogP contribution < -0.4 is 0 Å². The maximum absolute atomic E-state index is 11.1. The van der Waals surface area contributed by atoms with Gasteiger partial charge in [-0.25, -0.2) is 4.79 Å². The highest BCUT2D eigenvalue weighted by atomic mass is 16.5. The smallest absolute Gasteiger partial charge is 0.360 e. The monoisotopic (exact) mass is 183 g/mol. The molecule has 72 valence electrons. The summed E-state index contributed by atoms with van der Waals surface area (Å²) < 4.78 is 6.40. The lowest BCUT2D eigenvalue weighted by atomic mass is 10.4. The maximum atomic E-state index is 11.1. The average Bonchev–Trinajstić information content (AvgIpc) is 2.54. The minimum Gasteiger partial charge on any atom is -0.461 e. The molecule has 1 heterocycles. The molecule has 5 heteroatoms. The predicted octanol–water partition coefficient (Wildman–Crippen LogP) is 0.865. The van der Waals surface area contributed by atoms with Crippen LogP contribution in [0.5, 0.6) is 0 Å². The Morgan fingerprint density at radius 2 is 2.38 bits per heavy atom. The van der Waals surface area contributed by atoms with Crippen molar-refractivity contribution in [1.29, 1.82) is 0 Å². The van der Waals surface area contributed by atoms with Crippen LogP contribution in [0.1, 0.15) is 30.8 Å². The maximum Gasteiger partial charge on any atom is 0.360 e. The zero-order valence-corrected chi connectivity index (χ0v) is 7.86. The van der Waals surface area contributed by atoms with Gasteiger partial charge in [-0.2, -0.15) is 0 Å². The van der Waals surface area contributed by atoms with E-state index in [9.17, 15) is 4.79 Å². The van der Waals surface area contributed by atoms with Crippen LogP contribution in [0.15, 0.2) is 6.20 Å². The Hall–Kier alpha value is -1.39. The first kappa shape index (κ1) is 9.70. The van der Waals surface area contributed by atoms with E-state index in [1.54, 1.807) is 17.8 Å². The molecule has 0 saturated carbocycles. The van der Waals surface area contributed by atoms with Crippen molar-refractivity contribution in [3.63, 3.8) is 0 Å². The molecule has 0 saturated heterocycles. The van der Waals surface area contributed by atoms with E-state index in [-0.39, 0.29) is 5.69 Å². The summed E-state index contributed by atoms with van der Waals surface area (Å²) >= 11 is 0. The van der Waals surface area contributed by atoms with Crippen molar-refractivity contribution in [3.8, 4) is 0 Å². The van der Waals surface area contributed by atoms with E-state index in [0.717, 1.165) is 13.0 Å². The van der Waals surface area contributed by atoms with Crippen molar-refractivity contribution in [1.82, 2.24) is 15.0 Å². The standard InChI is InChI=1S/C8H13N3O2/c1-3-5-11-6-7(9-10-11)8(12)13-4-2/h6H,3-5H2,1-2H3. The van der Waals surface area contributed by atoms with Crippen LogP contribution in [0.25, 0.3) is 0 Å². The second-order valence-electron chi connectivity index (χ2n) is 2.59. The van der Waals surface area contributed by atoms with Gasteiger partial charge in [0.2, 0.25) is 0 Å². The van der Waals surface area contributed by atoms with Gasteiger partial charge in [0, 0.05) is 6.54 Å². The molecule has 0 radical (unpaired) electrons. The topological polar surface area (TPSA) is 57.0 Å². The van der Waals surface area contributed by atoms with Crippen LogP contribution in [0.4, 0.5) is 0 Å². The quantitative estimate of drug-likeness (QED) is 0.650. The van der Waals surface area contributed by atoms with Crippen LogP contribution in [0, 0.1) is 0 Å². The van der Waals surface area contributed by atoms with E-state index in [2.05, 4.69) is 10.3 Å². The third-order valence-electron chi connectivity index (χ3n) is 1.48. The average molecular weight is 183 g/mol. The molecular weight excluding hydrogens is 170 g/mol. The lowest BCUT2D eigenvalue weighted by Gasteiger charge is -1.95. The Bertz CT molecular complexity index is 283. The zero-order valence-electron chi connectivity index (χ0n) is 7.86. The predicted molar refractivity (Wildman–Crippen MR) is 46.3 cm³/mol. The van der Waals surface area contributed by atoms with Gasteiger partial charge in [-0.05, 0) is 13.3 Å². The van der Waals surface area contributed by atoms with Gasteiger partial charge in [0.1, 0.15) is 0 Å². The molecule has 1 rings (SSSR count). The van der Waals surface area contributed by atoms with E-state index in [0.29, 0.717) is 6.61 Å². The Labute approximate surface area is 76.7 Å². The summed E-state index contributed by atoms with van der Waals surface area (Å²) in [5.41, 5.74) is 0.273. The lowest BCUT2D eigenvalue weighted by molar-refractivity contribution is 0.0519. The Morgan fingerprint density at radius 1 is 1.62 bits per heavy atom. The summed E-state index contributed by atoms with van der Waals surface area (Å²) in [6, 6.07) is 0. The number of hydrogen-bond donors (Lipinski definition) is 0. The van der Waals surface area contributed by atoms with E-state index in [4.69, 9.17) is 4.74 Å². The number of esters is 1. The van der Waals surface area contributed by atoms with E-state index in [1.807, 2.05) is 6.92 Å². The number of hydrogen-bond acceptors (Lipinski definition) is 4. The fourth-order valence-corrected chi connectivity index (χ4v) is 0.935. The molecule has 0 unspecified atom stereocenters. The van der Waals surface area contributed by atoms with Crippen molar-refractivity contribution < 1.29 is 9.53 Å². The molecule has 0 N–H and O–H groups in total. The van der Waals surface area contributed by atoms with E-state index in [1.165, 1.54) is 0 Å². The number of carbonyl (C=O) groups excluding carboxylic acids is 1. The first-order valence-electron chi connectivity index (χ1n) is 4.35. The van der Waals surface area contributed by atoms with Crippen molar-refractivity contribution in [2.75, 3.05) is 6.61 Å². The lowest BCUT2D eigenvalue weighted by Crippen LogP contribution is -2.04. The summed E-state index contributed by atoms with van der Waals surface area (Å²) in [6.45, 7) is 4.92. The molecule has 0 atom stereocenters. The Kier molecular flexibility index (Phi) is 3.42. The number of carbonyl (C=O) groups is 1. The van der Waals surface area contributed by atoms with Gasteiger partial charge < -0.3 is 4.74 Å². The summed E-state index contributed by atoms with van der Waals surface area (Å²) in [6.07, 6.45) is 2.56. The summed E-state index contributed by atoms with van der Waals surface area (Å²) in [4.78, 5) is 11.1. The number of rotatable bonds is 4. The minimum atomic E-state index is -0.412. The third-order valence-corrected chi connectivity index (χ3v) is 1.48. The van der Waals surface area contributed by atoms with Gasteiger partial charge in [0.25, 0.3) is 0 Å². The normalized spacial score (nSPS) is 10.0. The van der Waals surface area contributed by atoms with Gasteiger partial charge >= 0.3 is 5.97 Å². The van der Waals surface area contributed by atoms with E-state index >= 15 is 0 Å². The fourth-order valence-electron chi connectivity index (χ4n) is 0.935. The van der Waals surface area contributed by atoms with Gasteiger partial charge in [-0.1, -0.05) is 12.1 Å². The molecule has 5 nitrogen and oxygen atoms in total. The van der Waals surface area contributed by atoms with Gasteiger partial charge in [0.15, 0.2) is 5.69 Å². The van der Waals surface area contributed by atoms with Crippen LogP contribution in [0.3, 0.4) is 0 Å². The Morgan fingerprint density at radius 3 is 3.00 bits per heavy atom. The van der Waals surface area contributed by atoms with Gasteiger partial charge in [0.05, 0.1) is 12.8 Å². The van der Waals surface area contributed by atoms with Crippen molar-refractivity contribution in [3.05, 3.63) is 11.9 Å². The molecule has 0 aromatic carbocycles. The molecule has 0 aliphatic rings. The summed E-state index contributed by atoms with van der Waals surface area (Å²) in [5, 5.41) is 7.47. The summed E-state index contributed by atoms with van der Waals surface area (Å²) in [5.74, 6) is -0.412. The highest BCUT2D eigenvalue weighted by molar-refractivity contribution is 5.86. The highest BCUT2D eigenvalue weighted by Gasteiger charge is 2.10. The molecule has 0 aliphatic carbocycles. The first-order chi connectivity index (χ1) is 6.27. The molecule has 0 spiro atoms. The SMILES string of the molecule is CCCn1cc(C(=O)OCC)nn1. The van der Waals surface area contributed by atoms with Crippen molar-refractivity contribution in [2.24, 2.45) is 0 Å². The molecule has 13 heavy (non-hydrogen) atoms. The number of ether oxygens (including phenoxy) is 1. The first-order valence-corrected chi connectivity index (χ1v) is 4.35. The molecule has 0 fully saturated rings. The van der Waals surface area contributed by atoms with Gasteiger partial charge in [-0.15, -0.1) is 5.10 Å². The fraction of sp³-hybridized carbons (Fsp3) is 0.625. The molecule has 0 bridgehead atoms. The molecule has 0 amide bonds. The van der Waals surface area contributed by atoms with Crippen LogP contribution in [0.2, 0.25) is 0 Å². The largest absolute Gasteiger partial charge is 0.461 e. The van der Waals surface area contributed by atoms with Crippen LogP contribution in [-0.2, 0) is 11.3 Å². The van der Waals surface area contributed by atoms with E-state index < -0.39 is 5.97 Å². The molecule has 0 aliphatic heterocycles. The second-order valence-corrected chi connectivity index (χ2v) is 2.59. The summed E-state index contributed by atoms with van der Waals surface area (Å²) in [7, 11) is 0. The number of aromatic nitrogens is 3.